The molecule has 1 saturated carbocycles. The molecule has 1 aliphatic carbocycles. The van der Waals surface area contributed by atoms with E-state index in [1.54, 1.807) is 0 Å². The van der Waals surface area contributed by atoms with Crippen LogP contribution in [0.3, 0.4) is 0 Å². The first-order chi connectivity index (χ1) is 12.7. The minimum absolute atomic E-state index is 0.0227. The summed E-state index contributed by atoms with van der Waals surface area (Å²) < 4.78 is 11.1. The first-order valence-corrected chi connectivity index (χ1v) is 10.1. The first kappa shape index (κ1) is 18.8. The molecule has 1 fully saturated rings. The van der Waals surface area contributed by atoms with Crippen LogP contribution in [0.1, 0.15) is 39.5 Å². The predicted octanol–water partition coefficient (Wildman–Crippen LogP) is 3.92. The van der Waals surface area contributed by atoms with Gasteiger partial charge in [0, 0.05) is 11.6 Å². The molecule has 140 valence electrons. The van der Waals surface area contributed by atoms with Crippen LogP contribution in [0, 0.1) is 5.92 Å². The average Bonchev–Trinajstić information content (AvgIpc) is 3.12. The number of carbonyl (C=O) groups is 1. The molecular formula is C19H25N3O3S. The summed E-state index contributed by atoms with van der Waals surface area (Å²) in [5.41, 5.74) is 0.827. The lowest BCUT2D eigenvalue weighted by atomic mass is 9.86. The van der Waals surface area contributed by atoms with Crippen molar-refractivity contribution in [1.29, 1.82) is 0 Å². The summed E-state index contributed by atoms with van der Waals surface area (Å²) in [5, 5.41) is 11.6. The molecule has 2 atom stereocenters. The number of rotatable bonds is 7. The Hall–Kier alpha value is -2.02. The second-order valence-corrected chi connectivity index (χ2v) is 7.48. The molecule has 0 bridgehead atoms. The van der Waals surface area contributed by atoms with Crippen molar-refractivity contribution >= 4 is 17.7 Å². The van der Waals surface area contributed by atoms with E-state index in [0.29, 0.717) is 29.7 Å². The monoisotopic (exact) mass is 375 g/mol. The molecule has 1 heterocycles. The summed E-state index contributed by atoms with van der Waals surface area (Å²) in [5.74, 6) is 2.10. The number of ether oxygens (including phenoxy) is 1. The van der Waals surface area contributed by atoms with Gasteiger partial charge >= 0.3 is 0 Å². The molecule has 0 radical (unpaired) electrons. The van der Waals surface area contributed by atoms with Crippen molar-refractivity contribution in [3.63, 3.8) is 0 Å². The lowest BCUT2D eigenvalue weighted by Gasteiger charge is -2.29. The number of amides is 1. The van der Waals surface area contributed by atoms with E-state index >= 15 is 0 Å². The number of aromatic nitrogens is 2. The lowest BCUT2D eigenvalue weighted by molar-refractivity contribution is -0.119. The fourth-order valence-corrected chi connectivity index (χ4v) is 3.73. The van der Waals surface area contributed by atoms with Crippen molar-refractivity contribution < 1.29 is 13.9 Å². The second-order valence-electron chi connectivity index (χ2n) is 6.55. The van der Waals surface area contributed by atoms with E-state index in [1.807, 2.05) is 31.2 Å². The number of hydrogen-bond donors (Lipinski definition) is 1. The third kappa shape index (κ3) is 5.00. The fourth-order valence-electron chi connectivity index (χ4n) is 3.15. The topological polar surface area (TPSA) is 77.2 Å². The van der Waals surface area contributed by atoms with Gasteiger partial charge in [0.15, 0.2) is 0 Å². The van der Waals surface area contributed by atoms with Gasteiger partial charge in [-0.25, -0.2) is 0 Å². The standard InChI is InChI=1S/C19H25N3O3S/c1-3-24-15-10-8-14(9-11-15)18-21-22-19(25-18)26-12-17(23)20-16-7-5-4-6-13(16)2/h8-11,13,16H,3-7,12H2,1-2H3,(H,20,23)/t13-,16-/m0/s1. The quantitative estimate of drug-likeness (QED) is 0.739. The highest BCUT2D eigenvalue weighted by Crippen LogP contribution is 2.26. The smallest absolute Gasteiger partial charge is 0.277 e. The number of benzene rings is 1. The Morgan fingerprint density at radius 2 is 2.04 bits per heavy atom. The summed E-state index contributed by atoms with van der Waals surface area (Å²) >= 11 is 1.27. The zero-order valence-corrected chi connectivity index (χ0v) is 16.1. The van der Waals surface area contributed by atoms with Gasteiger partial charge in [0.2, 0.25) is 11.8 Å². The maximum atomic E-state index is 12.2. The number of carbonyl (C=O) groups excluding carboxylic acids is 1. The molecule has 1 amide bonds. The van der Waals surface area contributed by atoms with Gasteiger partial charge in [0.05, 0.1) is 12.4 Å². The normalized spacial score (nSPS) is 19.9. The second kappa shape index (κ2) is 9.07. The average molecular weight is 375 g/mol. The van der Waals surface area contributed by atoms with Gasteiger partial charge in [-0.3, -0.25) is 4.79 Å². The van der Waals surface area contributed by atoms with Gasteiger partial charge in [0.25, 0.3) is 5.22 Å². The summed E-state index contributed by atoms with van der Waals surface area (Å²) in [6.07, 6.45) is 4.71. The molecule has 0 spiro atoms. The van der Waals surface area contributed by atoms with Gasteiger partial charge in [-0.15, -0.1) is 10.2 Å². The van der Waals surface area contributed by atoms with E-state index < -0.39 is 0 Å². The van der Waals surface area contributed by atoms with E-state index in [0.717, 1.165) is 17.7 Å². The van der Waals surface area contributed by atoms with Crippen LogP contribution in [0.15, 0.2) is 33.9 Å². The molecule has 0 unspecified atom stereocenters. The zero-order valence-electron chi connectivity index (χ0n) is 15.2. The molecular weight excluding hydrogens is 350 g/mol. The van der Waals surface area contributed by atoms with Crippen LogP contribution in [0.25, 0.3) is 11.5 Å². The fraction of sp³-hybridized carbons (Fsp3) is 0.526. The molecule has 0 saturated heterocycles. The van der Waals surface area contributed by atoms with Crippen molar-refractivity contribution in [2.24, 2.45) is 5.92 Å². The predicted molar refractivity (Wildman–Crippen MR) is 101 cm³/mol. The Morgan fingerprint density at radius 1 is 1.27 bits per heavy atom. The Balaban J connectivity index is 1.51. The van der Waals surface area contributed by atoms with Crippen molar-refractivity contribution in [1.82, 2.24) is 15.5 Å². The van der Waals surface area contributed by atoms with Crippen molar-refractivity contribution in [2.45, 2.75) is 50.8 Å². The molecule has 0 aliphatic heterocycles. The van der Waals surface area contributed by atoms with Gasteiger partial charge in [-0.2, -0.15) is 0 Å². The molecule has 1 N–H and O–H groups in total. The molecule has 1 aromatic heterocycles. The lowest BCUT2D eigenvalue weighted by Crippen LogP contribution is -2.41. The van der Waals surface area contributed by atoms with E-state index in [-0.39, 0.29) is 11.7 Å². The third-order valence-electron chi connectivity index (χ3n) is 4.60. The van der Waals surface area contributed by atoms with Gasteiger partial charge in [-0.05, 0) is 49.9 Å². The number of hydrogen-bond acceptors (Lipinski definition) is 6. The van der Waals surface area contributed by atoms with E-state index in [2.05, 4.69) is 22.4 Å². The number of nitrogens with zero attached hydrogens (tertiary/aromatic N) is 2. The molecule has 6 nitrogen and oxygen atoms in total. The SMILES string of the molecule is CCOc1ccc(-c2nnc(SCC(=O)N[C@H]3CCCC[C@@H]3C)o2)cc1. The minimum Gasteiger partial charge on any atom is -0.494 e. The van der Waals surface area contributed by atoms with E-state index in [4.69, 9.17) is 9.15 Å². The highest BCUT2D eigenvalue weighted by molar-refractivity contribution is 7.99. The molecule has 7 heteroatoms. The minimum atomic E-state index is 0.0227. The Morgan fingerprint density at radius 3 is 2.77 bits per heavy atom. The van der Waals surface area contributed by atoms with Crippen molar-refractivity contribution in [3.8, 4) is 17.2 Å². The summed E-state index contributed by atoms with van der Waals surface area (Å²) in [7, 11) is 0. The van der Waals surface area contributed by atoms with Crippen LogP contribution in [0.4, 0.5) is 0 Å². The summed E-state index contributed by atoms with van der Waals surface area (Å²) in [6, 6.07) is 7.79. The maximum absolute atomic E-state index is 12.2. The van der Waals surface area contributed by atoms with Crippen LogP contribution in [0.5, 0.6) is 5.75 Å². The van der Waals surface area contributed by atoms with Crippen LogP contribution in [-0.4, -0.2) is 34.5 Å². The van der Waals surface area contributed by atoms with Crippen LogP contribution in [0.2, 0.25) is 0 Å². The van der Waals surface area contributed by atoms with Gasteiger partial charge in [0.1, 0.15) is 5.75 Å². The largest absolute Gasteiger partial charge is 0.494 e. The van der Waals surface area contributed by atoms with Crippen LogP contribution >= 0.6 is 11.8 Å². The van der Waals surface area contributed by atoms with Crippen molar-refractivity contribution in [2.75, 3.05) is 12.4 Å². The molecule has 1 aromatic carbocycles. The van der Waals surface area contributed by atoms with Crippen LogP contribution < -0.4 is 10.1 Å². The summed E-state index contributed by atoms with van der Waals surface area (Å²) in [4.78, 5) is 12.2. The van der Waals surface area contributed by atoms with E-state index in [9.17, 15) is 4.79 Å². The first-order valence-electron chi connectivity index (χ1n) is 9.14. The highest BCUT2D eigenvalue weighted by Gasteiger charge is 2.23. The number of nitrogens with one attached hydrogen (secondary N) is 1. The number of thioether (sulfide) groups is 1. The maximum Gasteiger partial charge on any atom is 0.277 e. The third-order valence-corrected chi connectivity index (χ3v) is 5.42. The highest BCUT2D eigenvalue weighted by atomic mass is 32.2. The Kier molecular flexibility index (Phi) is 6.55. The molecule has 2 aromatic rings. The van der Waals surface area contributed by atoms with Gasteiger partial charge in [-0.1, -0.05) is 31.5 Å². The zero-order chi connectivity index (χ0) is 18.4. The molecule has 3 rings (SSSR count). The van der Waals surface area contributed by atoms with Gasteiger partial charge < -0.3 is 14.5 Å². The Bertz CT molecular complexity index is 717. The summed E-state index contributed by atoms with van der Waals surface area (Å²) in [6.45, 7) is 4.78. The van der Waals surface area contributed by atoms with E-state index in [1.165, 1.54) is 31.0 Å². The molecule has 26 heavy (non-hydrogen) atoms. The van der Waals surface area contributed by atoms with Crippen LogP contribution in [-0.2, 0) is 4.79 Å². The van der Waals surface area contributed by atoms with Crippen molar-refractivity contribution in [3.05, 3.63) is 24.3 Å². The molecule has 1 aliphatic rings. The Labute approximate surface area is 158 Å².